The lowest BCUT2D eigenvalue weighted by Gasteiger charge is -2.34. The van der Waals surface area contributed by atoms with Crippen LogP contribution in [0.2, 0.25) is 0 Å². The number of halogens is 1. The average Bonchev–Trinajstić information content (AvgIpc) is 3.44. The molecule has 0 radical (unpaired) electrons. The van der Waals surface area contributed by atoms with Crippen LogP contribution in [0.5, 0.6) is 5.75 Å². The quantitative estimate of drug-likeness (QED) is 0.704. The van der Waals surface area contributed by atoms with E-state index in [1.54, 1.807) is 30.3 Å². The maximum absolute atomic E-state index is 14.1. The van der Waals surface area contributed by atoms with Crippen LogP contribution in [0.1, 0.15) is 40.9 Å². The molecule has 1 amide bonds. The number of nitrogens with zero attached hydrogens (tertiary/aromatic N) is 2. The normalized spacial score (nSPS) is 18.3. The molecule has 5 nitrogen and oxygen atoms in total. The first kappa shape index (κ1) is 17.9. The Morgan fingerprint density at radius 3 is 2.72 bits per heavy atom. The predicted octanol–water partition coefficient (Wildman–Crippen LogP) is 4.08. The van der Waals surface area contributed by atoms with Crippen molar-refractivity contribution in [3.8, 4) is 16.9 Å². The lowest BCUT2D eigenvalue weighted by molar-refractivity contribution is 0.0640. The fraction of sp³-hybridized carbons (Fsp3) is 0.304. The third-order valence-corrected chi connectivity index (χ3v) is 5.97. The molecule has 1 saturated carbocycles. The molecule has 2 aliphatic rings. The summed E-state index contributed by atoms with van der Waals surface area (Å²) in [6.45, 7) is 0. The highest BCUT2D eigenvalue weighted by Gasteiger charge is 2.39. The fourth-order valence-corrected chi connectivity index (χ4v) is 4.33. The molecule has 1 fully saturated rings. The third kappa shape index (κ3) is 3.28. The van der Waals surface area contributed by atoms with Crippen LogP contribution in [0.4, 0.5) is 4.39 Å². The summed E-state index contributed by atoms with van der Waals surface area (Å²) in [5, 5.41) is 17.8. The summed E-state index contributed by atoms with van der Waals surface area (Å²) in [6.07, 6.45) is 6.36. The Labute approximate surface area is 168 Å². The number of rotatable bonds is 4. The van der Waals surface area contributed by atoms with Gasteiger partial charge < -0.3 is 10.0 Å². The zero-order valence-corrected chi connectivity index (χ0v) is 15.9. The Morgan fingerprint density at radius 1 is 1.14 bits per heavy atom. The minimum absolute atomic E-state index is 0.103. The van der Waals surface area contributed by atoms with Crippen molar-refractivity contribution in [1.29, 1.82) is 0 Å². The number of phenolic OH excluding ortho intramolecular Hbond substituents is 1. The van der Waals surface area contributed by atoms with Gasteiger partial charge in [0.15, 0.2) is 0 Å². The van der Waals surface area contributed by atoms with Crippen LogP contribution < -0.4 is 0 Å². The molecule has 148 valence electrons. The summed E-state index contributed by atoms with van der Waals surface area (Å²) in [5.41, 5.74) is 3.55. The van der Waals surface area contributed by atoms with Crippen molar-refractivity contribution < 1.29 is 14.3 Å². The summed E-state index contributed by atoms with van der Waals surface area (Å²) in [6, 6.07) is 11.5. The van der Waals surface area contributed by atoms with Gasteiger partial charge in [-0.2, -0.15) is 5.10 Å². The summed E-state index contributed by atoms with van der Waals surface area (Å²) in [5.74, 6) is -0.619. The Bertz CT molecular complexity index is 1070. The molecule has 6 heteroatoms. The largest absolute Gasteiger partial charge is 0.507 e. The molecule has 0 aliphatic heterocycles. The van der Waals surface area contributed by atoms with Gasteiger partial charge in [-0.3, -0.25) is 9.89 Å². The van der Waals surface area contributed by atoms with Gasteiger partial charge >= 0.3 is 0 Å². The molecule has 2 aliphatic carbocycles. The molecule has 1 heterocycles. The molecular formula is C23H22FN3O2. The number of amides is 1. The maximum Gasteiger partial charge on any atom is 0.258 e. The van der Waals surface area contributed by atoms with Gasteiger partial charge in [-0.15, -0.1) is 0 Å². The van der Waals surface area contributed by atoms with E-state index in [1.807, 2.05) is 11.1 Å². The van der Waals surface area contributed by atoms with E-state index in [1.165, 1.54) is 17.7 Å². The molecule has 0 spiro atoms. The molecule has 3 aromatic rings. The van der Waals surface area contributed by atoms with Crippen molar-refractivity contribution in [2.45, 2.75) is 44.2 Å². The third-order valence-electron chi connectivity index (χ3n) is 5.97. The van der Waals surface area contributed by atoms with Gasteiger partial charge in [0.05, 0.1) is 11.8 Å². The van der Waals surface area contributed by atoms with Crippen molar-refractivity contribution in [2.24, 2.45) is 0 Å². The van der Waals surface area contributed by atoms with Gasteiger partial charge in [-0.05, 0) is 61.4 Å². The molecule has 0 bridgehead atoms. The monoisotopic (exact) mass is 391 g/mol. The first-order chi connectivity index (χ1) is 14.1. The van der Waals surface area contributed by atoms with Crippen LogP contribution in [0.3, 0.4) is 0 Å². The Morgan fingerprint density at radius 2 is 1.97 bits per heavy atom. The number of carbonyl (C=O) groups excluding carboxylic acids is 1. The number of fused-ring (bicyclic) bond motifs is 1. The first-order valence-electron chi connectivity index (χ1n) is 10.0. The number of aromatic amines is 1. The second kappa shape index (κ2) is 7.03. The van der Waals surface area contributed by atoms with E-state index in [0.717, 1.165) is 37.8 Å². The van der Waals surface area contributed by atoms with E-state index < -0.39 is 0 Å². The van der Waals surface area contributed by atoms with Gasteiger partial charge in [0.1, 0.15) is 11.6 Å². The molecule has 2 aromatic carbocycles. The topological polar surface area (TPSA) is 69.2 Å². The predicted molar refractivity (Wildman–Crippen MR) is 107 cm³/mol. The molecule has 1 atom stereocenters. The molecule has 5 rings (SSSR count). The summed E-state index contributed by atoms with van der Waals surface area (Å²) in [4.78, 5) is 15.3. The van der Waals surface area contributed by atoms with Crippen molar-refractivity contribution in [3.63, 3.8) is 0 Å². The SMILES string of the molecule is O=C(c1ccc(-c2ccccc2F)cc1O)N(C1CC1)C1CCc2[nH]ncc2C1. The highest BCUT2D eigenvalue weighted by Crippen LogP contribution is 2.36. The average molecular weight is 391 g/mol. The van der Waals surface area contributed by atoms with Gasteiger partial charge in [-0.25, -0.2) is 4.39 Å². The number of aromatic hydroxyl groups is 1. The summed E-state index contributed by atoms with van der Waals surface area (Å²) >= 11 is 0. The molecule has 1 aromatic heterocycles. The van der Waals surface area contributed by atoms with Crippen LogP contribution >= 0.6 is 0 Å². The highest BCUT2D eigenvalue weighted by atomic mass is 19.1. The number of hydrogen-bond acceptors (Lipinski definition) is 3. The van der Waals surface area contributed by atoms with E-state index in [0.29, 0.717) is 11.1 Å². The van der Waals surface area contributed by atoms with Gasteiger partial charge in [0, 0.05) is 23.3 Å². The standard InChI is InChI=1S/C23H22FN3O2/c24-20-4-2-1-3-18(20)14-5-9-19(22(28)12-14)23(29)27(16-6-7-16)17-8-10-21-15(11-17)13-25-26-21/h1-5,9,12-13,16-17,28H,6-8,10-11H2,(H,25,26). The van der Waals surface area contributed by atoms with Gasteiger partial charge in [0.25, 0.3) is 5.91 Å². The fourth-order valence-electron chi connectivity index (χ4n) is 4.33. The highest BCUT2D eigenvalue weighted by molar-refractivity contribution is 5.98. The van der Waals surface area contributed by atoms with E-state index in [-0.39, 0.29) is 35.1 Å². The lowest BCUT2D eigenvalue weighted by Crippen LogP contribution is -2.44. The number of H-pyrrole nitrogens is 1. The van der Waals surface area contributed by atoms with Gasteiger partial charge in [0.2, 0.25) is 0 Å². The van der Waals surface area contributed by atoms with Crippen molar-refractivity contribution in [1.82, 2.24) is 15.1 Å². The number of aromatic nitrogens is 2. The Hall–Kier alpha value is -3.15. The number of carbonyl (C=O) groups is 1. The summed E-state index contributed by atoms with van der Waals surface area (Å²) in [7, 11) is 0. The summed E-state index contributed by atoms with van der Waals surface area (Å²) < 4.78 is 14.1. The number of hydrogen-bond donors (Lipinski definition) is 2. The number of nitrogens with one attached hydrogen (secondary N) is 1. The maximum atomic E-state index is 14.1. The van der Waals surface area contributed by atoms with Crippen LogP contribution in [-0.4, -0.2) is 38.2 Å². The minimum atomic E-state index is -0.358. The van der Waals surface area contributed by atoms with Crippen molar-refractivity contribution in [2.75, 3.05) is 0 Å². The van der Waals surface area contributed by atoms with Crippen LogP contribution in [0.25, 0.3) is 11.1 Å². The number of phenols is 1. The Balaban J connectivity index is 1.43. The molecule has 2 N–H and O–H groups in total. The van der Waals surface area contributed by atoms with Crippen LogP contribution in [0, 0.1) is 5.82 Å². The van der Waals surface area contributed by atoms with Gasteiger partial charge in [-0.1, -0.05) is 24.3 Å². The minimum Gasteiger partial charge on any atom is -0.507 e. The van der Waals surface area contributed by atoms with Crippen LogP contribution in [-0.2, 0) is 12.8 Å². The smallest absolute Gasteiger partial charge is 0.258 e. The van der Waals surface area contributed by atoms with Crippen molar-refractivity contribution in [3.05, 3.63) is 71.3 Å². The van der Waals surface area contributed by atoms with E-state index >= 15 is 0 Å². The molecule has 1 unspecified atom stereocenters. The first-order valence-corrected chi connectivity index (χ1v) is 10.0. The lowest BCUT2D eigenvalue weighted by atomic mass is 9.91. The second-order valence-corrected chi connectivity index (χ2v) is 7.93. The molecular weight excluding hydrogens is 369 g/mol. The number of benzene rings is 2. The van der Waals surface area contributed by atoms with E-state index in [4.69, 9.17) is 0 Å². The Kier molecular flexibility index (Phi) is 4.34. The molecule has 0 saturated heterocycles. The zero-order valence-electron chi connectivity index (χ0n) is 15.9. The second-order valence-electron chi connectivity index (χ2n) is 7.93. The van der Waals surface area contributed by atoms with E-state index in [2.05, 4.69) is 10.2 Å². The zero-order chi connectivity index (χ0) is 20.0. The van der Waals surface area contributed by atoms with Crippen molar-refractivity contribution >= 4 is 5.91 Å². The van der Waals surface area contributed by atoms with Crippen LogP contribution in [0.15, 0.2) is 48.7 Å². The number of aryl methyl sites for hydroxylation is 1. The molecule has 29 heavy (non-hydrogen) atoms. The van der Waals surface area contributed by atoms with E-state index in [9.17, 15) is 14.3 Å².